The monoisotopic (exact) mass is 413 g/mol. The van der Waals surface area contributed by atoms with Crippen LogP contribution in [0.3, 0.4) is 0 Å². The van der Waals surface area contributed by atoms with Gasteiger partial charge in [0.05, 0.1) is 17.5 Å². The molecule has 0 amide bonds. The van der Waals surface area contributed by atoms with E-state index in [0.29, 0.717) is 30.2 Å². The maximum atomic E-state index is 13.3. The first-order valence-electron chi connectivity index (χ1n) is 10.3. The van der Waals surface area contributed by atoms with E-state index in [1.807, 2.05) is 63.2 Å². The lowest BCUT2D eigenvalue weighted by atomic mass is 9.85. The van der Waals surface area contributed by atoms with Crippen LogP contribution in [0, 0.1) is 20.8 Å². The van der Waals surface area contributed by atoms with Gasteiger partial charge in [0.1, 0.15) is 5.76 Å². The maximum Gasteiger partial charge on any atom is 0.251 e. The summed E-state index contributed by atoms with van der Waals surface area (Å²) in [5.74, 6) is 1.81. The summed E-state index contributed by atoms with van der Waals surface area (Å²) in [7, 11) is 0. The summed E-state index contributed by atoms with van der Waals surface area (Å²) >= 11 is 0. The Kier molecular flexibility index (Phi) is 4.66. The molecule has 0 saturated carbocycles. The summed E-state index contributed by atoms with van der Waals surface area (Å²) in [6.45, 7) is 5.89. The van der Waals surface area contributed by atoms with Crippen molar-refractivity contribution in [3.63, 3.8) is 0 Å². The topological polar surface area (TPSA) is 85.8 Å². The summed E-state index contributed by atoms with van der Waals surface area (Å²) in [6, 6.07) is 13.7. The molecular weight excluding hydrogens is 390 g/mol. The molecule has 0 spiro atoms. The van der Waals surface area contributed by atoms with E-state index >= 15 is 0 Å². The first-order chi connectivity index (χ1) is 15.0. The number of nitrogens with one attached hydrogen (secondary N) is 1. The zero-order chi connectivity index (χ0) is 21.5. The molecule has 0 aliphatic heterocycles. The van der Waals surface area contributed by atoms with E-state index in [-0.39, 0.29) is 11.7 Å². The van der Waals surface area contributed by atoms with Gasteiger partial charge in [0, 0.05) is 35.8 Å². The smallest absolute Gasteiger partial charge is 0.251 e. The van der Waals surface area contributed by atoms with Crippen LogP contribution in [0.25, 0.3) is 5.95 Å². The third kappa shape index (κ3) is 3.63. The number of ketones is 1. The van der Waals surface area contributed by atoms with Crippen molar-refractivity contribution < 1.29 is 9.21 Å². The van der Waals surface area contributed by atoms with Crippen molar-refractivity contribution in [2.45, 2.75) is 39.5 Å². The minimum Gasteiger partial charge on any atom is -0.469 e. The second-order valence-electron chi connectivity index (χ2n) is 8.07. The van der Waals surface area contributed by atoms with Crippen LogP contribution in [0.1, 0.15) is 51.1 Å². The van der Waals surface area contributed by atoms with E-state index in [1.54, 1.807) is 10.9 Å². The molecule has 156 valence electrons. The summed E-state index contributed by atoms with van der Waals surface area (Å²) < 4.78 is 7.31. The second kappa shape index (κ2) is 7.50. The van der Waals surface area contributed by atoms with Crippen molar-refractivity contribution >= 4 is 17.3 Å². The van der Waals surface area contributed by atoms with E-state index in [0.717, 1.165) is 28.5 Å². The number of fused-ring (bicyclic) bond motifs is 1. The standard InChI is InChI=1S/C24H23N5O2/c1-14-6-8-18(9-7-14)27-23-22-19(12-17(13-20(22)30)21-5-4-10-31-21)29(28-23)24-25-15(2)11-16(3)26-24/h4-11,17H,12-13H2,1-3H3,(H,27,28). The van der Waals surface area contributed by atoms with Gasteiger partial charge in [-0.1, -0.05) is 17.7 Å². The summed E-state index contributed by atoms with van der Waals surface area (Å²) in [4.78, 5) is 22.4. The molecule has 1 aromatic carbocycles. The Morgan fingerprint density at radius 1 is 1.03 bits per heavy atom. The molecule has 1 unspecified atom stereocenters. The number of furan rings is 1. The third-order valence-corrected chi connectivity index (χ3v) is 5.55. The lowest BCUT2D eigenvalue weighted by Crippen LogP contribution is -2.21. The number of benzene rings is 1. The van der Waals surface area contributed by atoms with Gasteiger partial charge in [-0.15, -0.1) is 5.10 Å². The fourth-order valence-corrected chi connectivity index (χ4v) is 4.12. The molecule has 7 heteroatoms. The molecule has 4 aromatic rings. The number of aromatic nitrogens is 4. The number of carbonyl (C=O) groups is 1. The van der Waals surface area contributed by atoms with Gasteiger partial charge in [0.2, 0.25) is 0 Å². The number of hydrogen-bond acceptors (Lipinski definition) is 6. The lowest BCUT2D eigenvalue weighted by molar-refractivity contribution is 0.0960. The Morgan fingerprint density at radius 2 is 1.77 bits per heavy atom. The number of carbonyl (C=O) groups excluding carboxylic acids is 1. The highest BCUT2D eigenvalue weighted by atomic mass is 16.3. The molecular formula is C24H23N5O2. The van der Waals surface area contributed by atoms with Gasteiger partial charge in [0.15, 0.2) is 11.6 Å². The summed E-state index contributed by atoms with van der Waals surface area (Å²) in [5, 5.41) is 8.08. The van der Waals surface area contributed by atoms with Crippen LogP contribution >= 0.6 is 0 Å². The molecule has 0 bridgehead atoms. The van der Waals surface area contributed by atoms with Crippen LogP contribution in [-0.2, 0) is 6.42 Å². The van der Waals surface area contributed by atoms with Gasteiger partial charge in [-0.05, 0) is 51.1 Å². The van der Waals surface area contributed by atoms with Crippen LogP contribution in [0.4, 0.5) is 11.5 Å². The van der Waals surface area contributed by atoms with E-state index in [1.165, 1.54) is 5.56 Å². The molecule has 31 heavy (non-hydrogen) atoms. The average Bonchev–Trinajstić information content (AvgIpc) is 3.38. The Bertz CT molecular complexity index is 1240. The van der Waals surface area contributed by atoms with E-state index in [9.17, 15) is 4.79 Å². The summed E-state index contributed by atoms with van der Waals surface area (Å²) in [6.07, 6.45) is 2.64. The van der Waals surface area contributed by atoms with Crippen molar-refractivity contribution in [1.82, 2.24) is 19.7 Å². The van der Waals surface area contributed by atoms with Gasteiger partial charge in [-0.3, -0.25) is 4.79 Å². The van der Waals surface area contributed by atoms with Crippen LogP contribution in [0.15, 0.2) is 53.1 Å². The molecule has 3 aromatic heterocycles. The third-order valence-electron chi connectivity index (χ3n) is 5.55. The normalized spacial score (nSPS) is 15.7. The minimum atomic E-state index is -0.0384. The number of rotatable bonds is 4. The van der Waals surface area contributed by atoms with E-state index in [2.05, 4.69) is 15.3 Å². The number of Topliss-reactive ketones (excluding diaryl/α,β-unsaturated/α-hetero) is 1. The number of hydrogen-bond donors (Lipinski definition) is 1. The number of aryl methyl sites for hydroxylation is 3. The predicted octanol–water partition coefficient (Wildman–Crippen LogP) is 4.84. The van der Waals surface area contributed by atoms with Gasteiger partial charge in [-0.25, -0.2) is 14.6 Å². The Balaban J connectivity index is 1.63. The Hall–Kier alpha value is -3.74. The highest BCUT2D eigenvalue weighted by Crippen LogP contribution is 2.37. The molecule has 1 N–H and O–H groups in total. The second-order valence-corrected chi connectivity index (χ2v) is 8.07. The largest absolute Gasteiger partial charge is 0.469 e. The van der Waals surface area contributed by atoms with Crippen molar-refractivity contribution in [1.29, 1.82) is 0 Å². The zero-order valence-corrected chi connectivity index (χ0v) is 17.7. The molecule has 0 radical (unpaired) electrons. The quantitative estimate of drug-likeness (QED) is 0.515. The van der Waals surface area contributed by atoms with Crippen LogP contribution in [-0.4, -0.2) is 25.5 Å². The van der Waals surface area contributed by atoms with Crippen molar-refractivity contribution in [2.24, 2.45) is 0 Å². The van der Waals surface area contributed by atoms with Gasteiger partial charge < -0.3 is 9.73 Å². The molecule has 7 nitrogen and oxygen atoms in total. The molecule has 0 fully saturated rings. The molecule has 1 aliphatic carbocycles. The fourth-order valence-electron chi connectivity index (χ4n) is 4.12. The summed E-state index contributed by atoms with van der Waals surface area (Å²) in [5.41, 5.74) is 5.15. The number of nitrogens with zero attached hydrogens (tertiary/aromatic N) is 4. The highest BCUT2D eigenvalue weighted by molar-refractivity contribution is 6.03. The molecule has 0 saturated heterocycles. The van der Waals surface area contributed by atoms with Crippen LogP contribution in [0.2, 0.25) is 0 Å². The minimum absolute atomic E-state index is 0.0351. The zero-order valence-electron chi connectivity index (χ0n) is 17.7. The maximum absolute atomic E-state index is 13.3. The Morgan fingerprint density at radius 3 is 2.45 bits per heavy atom. The Labute approximate surface area is 180 Å². The van der Waals surface area contributed by atoms with Gasteiger partial charge in [0.25, 0.3) is 5.95 Å². The van der Waals surface area contributed by atoms with Crippen molar-refractivity contribution in [3.05, 3.63) is 82.7 Å². The number of anilines is 2. The fraction of sp³-hybridized carbons (Fsp3) is 0.250. The molecule has 3 heterocycles. The average molecular weight is 413 g/mol. The first kappa shape index (κ1) is 19.2. The van der Waals surface area contributed by atoms with Gasteiger partial charge >= 0.3 is 0 Å². The van der Waals surface area contributed by atoms with Crippen molar-refractivity contribution in [2.75, 3.05) is 5.32 Å². The highest BCUT2D eigenvalue weighted by Gasteiger charge is 2.35. The van der Waals surface area contributed by atoms with E-state index < -0.39 is 0 Å². The molecule has 5 rings (SSSR count). The SMILES string of the molecule is Cc1ccc(Nc2nn(-c3nc(C)cc(C)n3)c3c2C(=O)CC(c2ccco2)C3)cc1. The lowest BCUT2D eigenvalue weighted by Gasteiger charge is -2.21. The van der Waals surface area contributed by atoms with Crippen molar-refractivity contribution in [3.8, 4) is 5.95 Å². The molecule has 1 aliphatic rings. The predicted molar refractivity (Wildman–Crippen MR) is 117 cm³/mol. The van der Waals surface area contributed by atoms with Crippen LogP contribution in [0.5, 0.6) is 0 Å². The van der Waals surface area contributed by atoms with Crippen LogP contribution < -0.4 is 5.32 Å². The molecule has 1 atom stereocenters. The van der Waals surface area contributed by atoms with Gasteiger partial charge in [-0.2, -0.15) is 0 Å². The van der Waals surface area contributed by atoms with E-state index in [4.69, 9.17) is 9.52 Å². The first-order valence-corrected chi connectivity index (χ1v) is 10.3.